The first-order chi connectivity index (χ1) is 7.76. The number of rotatable bonds is 3. The number of ether oxygens (including phenoxy) is 1. The number of hydrogen-bond donors (Lipinski definition) is 1. The molecule has 2 unspecified atom stereocenters. The molecule has 1 heterocycles. The summed E-state index contributed by atoms with van der Waals surface area (Å²) in [4.78, 5) is 2.34. The first kappa shape index (κ1) is 11.4. The minimum atomic E-state index is 0.509. The van der Waals surface area contributed by atoms with E-state index in [0.29, 0.717) is 12.0 Å². The average Bonchev–Trinajstić information content (AvgIpc) is 2.70. The maximum atomic E-state index is 5.76. The normalized spacial score (nSPS) is 25.9. The summed E-state index contributed by atoms with van der Waals surface area (Å²) in [6, 6.07) is 8.80. The Morgan fingerprint density at radius 3 is 2.81 bits per heavy atom. The number of likely N-dealkylation sites (tertiary alicyclic amines) is 1. The minimum Gasteiger partial charge on any atom is -0.496 e. The molecule has 1 aromatic carbocycles. The molecule has 2 atom stereocenters. The van der Waals surface area contributed by atoms with Crippen molar-refractivity contribution in [3.05, 3.63) is 29.8 Å². The Morgan fingerprint density at radius 2 is 2.19 bits per heavy atom. The number of para-hydroxylation sites is 1. The third kappa shape index (κ3) is 2.06. The molecule has 0 radical (unpaired) electrons. The van der Waals surface area contributed by atoms with Crippen molar-refractivity contribution in [1.82, 2.24) is 4.90 Å². The van der Waals surface area contributed by atoms with E-state index in [1.54, 1.807) is 7.11 Å². The van der Waals surface area contributed by atoms with Crippen LogP contribution in [0.4, 0.5) is 0 Å². The molecular weight excluding hydrogens is 200 g/mol. The highest BCUT2D eigenvalue weighted by atomic mass is 16.5. The summed E-state index contributed by atoms with van der Waals surface area (Å²) >= 11 is 0. The zero-order valence-electron chi connectivity index (χ0n) is 10.0. The topological polar surface area (TPSA) is 38.5 Å². The number of likely N-dealkylation sites (N-methyl/N-ethyl adjacent to an activating group) is 1. The third-order valence-corrected chi connectivity index (χ3v) is 3.54. The van der Waals surface area contributed by atoms with Crippen LogP contribution in [-0.2, 0) is 0 Å². The number of methoxy groups -OCH3 is 1. The Morgan fingerprint density at radius 1 is 1.44 bits per heavy atom. The molecule has 3 heteroatoms. The molecule has 0 spiro atoms. The number of nitrogens with two attached hydrogens (primary N) is 1. The van der Waals surface area contributed by atoms with Crippen molar-refractivity contribution < 1.29 is 4.74 Å². The molecular formula is C13H20N2O. The molecule has 2 rings (SSSR count). The van der Waals surface area contributed by atoms with Gasteiger partial charge in [0.2, 0.25) is 0 Å². The highest BCUT2D eigenvalue weighted by molar-refractivity contribution is 5.37. The number of nitrogens with zero attached hydrogens (tertiary/aromatic N) is 1. The summed E-state index contributed by atoms with van der Waals surface area (Å²) < 4.78 is 5.41. The molecule has 1 fully saturated rings. The van der Waals surface area contributed by atoms with Gasteiger partial charge in [-0.05, 0) is 25.1 Å². The summed E-state index contributed by atoms with van der Waals surface area (Å²) in [6.45, 7) is 1.81. The van der Waals surface area contributed by atoms with Crippen LogP contribution in [0.5, 0.6) is 5.75 Å². The summed E-state index contributed by atoms with van der Waals surface area (Å²) in [7, 11) is 3.88. The Hall–Kier alpha value is -1.06. The molecule has 1 aromatic rings. The van der Waals surface area contributed by atoms with E-state index in [4.69, 9.17) is 10.5 Å². The van der Waals surface area contributed by atoms with Gasteiger partial charge in [0.15, 0.2) is 0 Å². The van der Waals surface area contributed by atoms with Crippen molar-refractivity contribution in [3.8, 4) is 5.75 Å². The molecule has 0 saturated carbocycles. The van der Waals surface area contributed by atoms with Gasteiger partial charge in [-0.2, -0.15) is 0 Å². The van der Waals surface area contributed by atoms with E-state index in [1.165, 1.54) is 5.56 Å². The molecule has 0 aromatic heterocycles. The predicted octanol–water partition coefficient (Wildman–Crippen LogP) is 1.44. The van der Waals surface area contributed by atoms with Crippen LogP contribution < -0.4 is 10.5 Å². The Kier molecular flexibility index (Phi) is 3.46. The van der Waals surface area contributed by atoms with Crippen molar-refractivity contribution in [3.63, 3.8) is 0 Å². The van der Waals surface area contributed by atoms with Gasteiger partial charge in [0.05, 0.1) is 7.11 Å². The lowest BCUT2D eigenvalue weighted by Gasteiger charge is -2.16. The molecule has 1 saturated heterocycles. The molecule has 1 aliphatic heterocycles. The number of hydrogen-bond acceptors (Lipinski definition) is 3. The van der Waals surface area contributed by atoms with E-state index >= 15 is 0 Å². The monoisotopic (exact) mass is 220 g/mol. The maximum absolute atomic E-state index is 5.76. The highest BCUT2D eigenvalue weighted by Gasteiger charge is 2.30. The van der Waals surface area contributed by atoms with Gasteiger partial charge in [-0.15, -0.1) is 0 Å². The summed E-state index contributed by atoms with van der Waals surface area (Å²) in [6.07, 6.45) is 1.13. The van der Waals surface area contributed by atoms with Crippen LogP contribution in [0.15, 0.2) is 24.3 Å². The van der Waals surface area contributed by atoms with E-state index < -0.39 is 0 Å². The van der Waals surface area contributed by atoms with Crippen LogP contribution >= 0.6 is 0 Å². The van der Waals surface area contributed by atoms with Gasteiger partial charge >= 0.3 is 0 Å². The molecule has 0 bridgehead atoms. The van der Waals surface area contributed by atoms with Gasteiger partial charge in [0.1, 0.15) is 5.75 Å². The fourth-order valence-electron chi connectivity index (χ4n) is 2.58. The van der Waals surface area contributed by atoms with E-state index in [-0.39, 0.29) is 0 Å². The molecule has 0 aliphatic carbocycles. The summed E-state index contributed by atoms with van der Waals surface area (Å²) in [5, 5.41) is 0. The Balaban J connectivity index is 2.19. The van der Waals surface area contributed by atoms with Crippen molar-refractivity contribution in [2.45, 2.75) is 18.4 Å². The lowest BCUT2D eigenvalue weighted by atomic mass is 9.95. The van der Waals surface area contributed by atoms with Gasteiger partial charge in [0.25, 0.3) is 0 Å². The van der Waals surface area contributed by atoms with Gasteiger partial charge in [0, 0.05) is 25.0 Å². The number of benzene rings is 1. The summed E-state index contributed by atoms with van der Waals surface area (Å²) in [5.74, 6) is 1.55. The van der Waals surface area contributed by atoms with E-state index in [1.807, 2.05) is 12.1 Å². The molecule has 1 aliphatic rings. The molecule has 2 N–H and O–H groups in total. The van der Waals surface area contributed by atoms with Crippen molar-refractivity contribution in [2.75, 3.05) is 27.2 Å². The minimum absolute atomic E-state index is 0.509. The smallest absolute Gasteiger partial charge is 0.122 e. The second kappa shape index (κ2) is 4.85. The van der Waals surface area contributed by atoms with Crippen LogP contribution in [0.2, 0.25) is 0 Å². The van der Waals surface area contributed by atoms with Crippen LogP contribution in [0.25, 0.3) is 0 Å². The van der Waals surface area contributed by atoms with E-state index in [2.05, 4.69) is 24.1 Å². The SMILES string of the molecule is COc1ccccc1C1CC(CN)N(C)C1. The highest BCUT2D eigenvalue weighted by Crippen LogP contribution is 2.35. The first-order valence-corrected chi connectivity index (χ1v) is 5.79. The fourth-order valence-corrected chi connectivity index (χ4v) is 2.58. The second-order valence-corrected chi connectivity index (χ2v) is 4.50. The van der Waals surface area contributed by atoms with Crippen LogP contribution in [-0.4, -0.2) is 38.2 Å². The zero-order valence-corrected chi connectivity index (χ0v) is 10.0. The molecule has 0 amide bonds. The van der Waals surface area contributed by atoms with Crippen molar-refractivity contribution in [1.29, 1.82) is 0 Å². The van der Waals surface area contributed by atoms with Crippen molar-refractivity contribution in [2.24, 2.45) is 5.73 Å². The van der Waals surface area contributed by atoms with Crippen LogP contribution in [0, 0.1) is 0 Å². The van der Waals surface area contributed by atoms with E-state index in [0.717, 1.165) is 25.3 Å². The molecule has 88 valence electrons. The quantitative estimate of drug-likeness (QED) is 0.837. The zero-order chi connectivity index (χ0) is 11.5. The van der Waals surface area contributed by atoms with Gasteiger partial charge in [-0.1, -0.05) is 18.2 Å². The van der Waals surface area contributed by atoms with Crippen molar-refractivity contribution >= 4 is 0 Å². The first-order valence-electron chi connectivity index (χ1n) is 5.79. The van der Waals surface area contributed by atoms with Gasteiger partial charge in [-0.3, -0.25) is 0 Å². The van der Waals surface area contributed by atoms with Gasteiger partial charge in [-0.25, -0.2) is 0 Å². The largest absolute Gasteiger partial charge is 0.496 e. The molecule has 3 nitrogen and oxygen atoms in total. The lowest BCUT2D eigenvalue weighted by molar-refractivity contribution is 0.315. The fraction of sp³-hybridized carbons (Fsp3) is 0.538. The van der Waals surface area contributed by atoms with Crippen LogP contribution in [0.1, 0.15) is 17.9 Å². The lowest BCUT2D eigenvalue weighted by Crippen LogP contribution is -2.31. The Labute approximate surface area is 97.2 Å². The predicted molar refractivity (Wildman–Crippen MR) is 65.8 cm³/mol. The second-order valence-electron chi connectivity index (χ2n) is 4.50. The van der Waals surface area contributed by atoms with Crippen LogP contribution in [0.3, 0.4) is 0 Å². The molecule has 16 heavy (non-hydrogen) atoms. The summed E-state index contributed by atoms with van der Waals surface area (Å²) in [5.41, 5.74) is 7.07. The van der Waals surface area contributed by atoms with Gasteiger partial charge < -0.3 is 15.4 Å². The van der Waals surface area contributed by atoms with E-state index in [9.17, 15) is 0 Å². The Bertz CT molecular complexity index is 354. The maximum Gasteiger partial charge on any atom is 0.122 e. The third-order valence-electron chi connectivity index (χ3n) is 3.54. The standard InChI is InChI=1S/C13H20N2O/c1-15-9-10(7-11(15)8-14)12-5-3-4-6-13(12)16-2/h3-6,10-11H,7-9,14H2,1-2H3. The average molecular weight is 220 g/mol.